The lowest BCUT2D eigenvalue weighted by molar-refractivity contribution is 0.0693. The first-order valence-electron chi connectivity index (χ1n) is 9.76. The molecule has 0 amide bonds. The number of carboxylic acid groups (broad SMARTS) is 1. The molecule has 0 radical (unpaired) electrons. The van der Waals surface area contributed by atoms with Gasteiger partial charge in [0.2, 0.25) is 0 Å². The molecule has 4 rings (SSSR count). The fraction of sp³-hybridized carbons (Fsp3) is 0.115. The Morgan fingerprint density at radius 1 is 0.935 bits per heavy atom. The van der Waals surface area contributed by atoms with E-state index in [-0.39, 0.29) is 11.3 Å². The second-order valence-corrected chi connectivity index (χ2v) is 7.21. The van der Waals surface area contributed by atoms with E-state index in [1.54, 1.807) is 18.2 Å². The van der Waals surface area contributed by atoms with Crippen LogP contribution in [-0.4, -0.2) is 25.3 Å². The number of hydrogen-bond donors (Lipinski definition) is 1. The zero-order chi connectivity index (χ0) is 22.0. The van der Waals surface area contributed by atoms with Gasteiger partial charge in [-0.3, -0.25) is 0 Å². The molecular formula is C26H22O5. The zero-order valence-corrected chi connectivity index (χ0v) is 17.5. The highest BCUT2D eigenvalue weighted by Crippen LogP contribution is 2.31. The van der Waals surface area contributed by atoms with Gasteiger partial charge in [-0.1, -0.05) is 48.0 Å². The molecule has 4 aromatic rings. The molecule has 0 saturated carbocycles. The number of aromatic carboxylic acids is 1. The molecule has 5 heteroatoms. The van der Waals surface area contributed by atoms with Gasteiger partial charge in [0.15, 0.2) is 0 Å². The Morgan fingerprint density at radius 3 is 2.39 bits per heavy atom. The molecule has 1 N–H and O–H groups in total. The number of ether oxygens (including phenoxy) is 2. The van der Waals surface area contributed by atoms with Crippen LogP contribution in [0, 0.1) is 6.92 Å². The molecule has 0 fully saturated rings. The number of fused-ring (bicyclic) bond motifs is 1. The van der Waals surface area contributed by atoms with E-state index < -0.39 is 5.97 Å². The lowest BCUT2D eigenvalue weighted by Gasteiger charge is -2.11. The third kappa shape index (κ3) is 4.16. The number of methoxy groups -OCH3 is 2. The van der Waals surface area contributed by atoms with Crippen molar-refractivity contribution in [3.8, 4) is 22.8 Å². The van der Waals surface area contributed by atoms with Crippen LogP contribution in [0.4, 0.5) is 0 Å². The Kier molecular flexibility index (Phi) is 5.50. The number of furan rings is 1. The van der Waals surface area contributed by atoms with Crippen molar-refractivity contribution in [1.29, 1.82) is 0 Å². The third-order valence-electron chi connectivity index (χ3n) is 5.10. The summed E-state index contributed by atoms with van der Waals surface area (Å²) in [5, 5.41) is 10.7. The van der Waals surface area contributed by atoms with Gasteiger partial charge in [0.25, 0.3) is 0 Å². The summed E-state index contributed by atoms with van der Waals surface area (Å²) < 4.78 is 16.5. The van der Waals surface area contributed by atoms with Crippen molar-refractivity contribution in [3.05, 3.63) is 82.9 Å². The summed E-state index contributed by atoms with van der Waals surface area (Å²) in [4.78, 5) is 11.7. The van der Waals surface area contributed by atoms with Crippen molar-refractivity contribution in [2.45, 2.75) is 6.92 Å². The van der Waals surface area contributed by atoms with E-state index in [1.807, 2.05) is 48.5 Å². The van der Waals surface area contributed by atoms with Crippen molar-refractivity contribution in [3.63, 3.8) is 0 Å². The molecule has 0 atom stereocenters. The van der Waals surface area contributed by atoms with Crippen molar-refractivity contribution < 1.29 is 23.8 Å². The molecule has 1 heterocycles. The van der Waals surface area contributed by atoms with Crippen LogP contribution in [-0.2, 0) is 0 Å². The summed E-state index contributed by atoms with van der Waals surface area (Å²) in [5.74, 6) is 0.524. The Morgan fingerprint density at radius 2 is 1.71 bits per heavy atom. The highest BCUT2D eigenvalue weighted by Gasteiger charge is 2.17. The van der Waals surface area contributed by atoms with E-state index >= 15 is 0 Å². The van der Waals surface area contributed by atoms with Gasteiger partial charge in [-0.2, -0.15) is 0 Å². The smallest absolute Gasteiger partial charge is 0.340 e. The molecule has 0 bridgehead atoms. The average molecular weight is 414 g/mol. The lowest BCUT2D eigenvalue weighted by atomic mass is 10.0. The predicted molar refractivity (Wildman–Crippen MR) is 122 cm³/mol. The van der Waals surface area contributed by atoms with Gasteiger partial charge in [0.1, 0.15) is 28.4 Å². The van der Waals surface area contributed by atoms with Gasteiger partial charge >= 0.3 is 5.97 Å². The predicted octanol–water partition coefficient (Wildman–Crippen LogP) is 6.29. The number of rotatable bonds is 6. The van der Waals surface area contributed by atoms with E-state index in [4.69, 9.17) is 13.9 Å². The third-order valence-corrected chi connectivity index (χ3v) is 5.10. The maximum Gasteiger partial charge on any atom is 0.340 e. The van der Waals surface area contributed by atoms with E-state index in [9.17, 15) is 9.90 Å². The number of carbonyl (C=O) groups is 1. The maximum atomic E-state index is 11.7. The van der Waals surface area contributed by atoms with Crippen LogP contribution in [0.15, 0.2) is 65.1 Å². The number of hydrogen-bond acceptors (Lipinski definition) is 4. The summed E-state index contributed by atoms with van der Waals surface area (Å²) in [6.07, 6.45) is 3.60. The van der Waals surface area contributed by atoms with Crippen LogP contribution >= 0.6 is 0 Å². The largest absolute Gasteiger partial charge is 0.497 e. The highest BCUT2D eigenvalue weighted by molar-refractivity contribution is 5.97. The van der Waals surface area contributed by atoms with E-state index in [2.05, 4.69) is 13.0 Å². The van der Waals surface area contributed by atoms with Crippen LogP contribution in [0.25, 0.3) is 34.4 Å². The summed E-state index contributed by atoms with van der Waals surface area (Å²) >= 11 is 0. The fourth-order valence-corrected chi connectivity index (χ4v) is 3.50. The molecule has 0 unspecified atom stereocenters. The first-order chi connectivity index (χ1) is 15.0. The average Bonchev–Trinajstić information content (AvgIpc) is 3.20. The van der Waals surface area contributed by atoms with E-state index in [1.165, 1.54) is 19.8 Å². The van der Waals surface area contributed by atoms with Crippen molar-refractivity contribution in [1.82, 2.24) is 0 Å². The first kappa shape index (κ1) is 20.3. The minimum atomic E-state index is -1.06. The molecule has 156 valence electrons. The van der Waals surface area contributed by atoms with E-state index in [0.717, 1.165) is 27.9 Å². The van der Waals surface area contributed by atoms with Gasteiger partial charge in [-0.05, 0) is 42.3 Å². The second-order valence-electron chi connectivity index (χ2n) is 7.21. The maximum absolute atomic E-state index is 11.7. The van der Waals surface area contributed by atoms with Gasteiger partial charge in [-0.15, -0.1) is 0 Å². The minimum Gasteiger partial charge on any atom is -0.497 e. The molecule has 0 spiro atoms. The Labute approximate surface area is 180 Å². The molecule has 3 aromatic carbocycles. The molecule has 5 nitrogen and oxygen atoms in total. The van der Waals surface area contributed by atoms with Crippen molar-refractivity contribution in [2.24, 2.45) is 0 Å². The molecule has 0 aliphatic heterocycles. The SMILES string of the molecule is COc1cc(C=Cc2ccc(-c3cc4cc(C)ccc4o3)cc2)c(C(=O)O)c(OC)c1. The topological polar surface area (TPSA) is 68.9 Å². The molecule has 1 aromatic heterocycles. The normalized spacial score (nSPS) is 11.2. The standard InChI is InChI=1S/C26H22O5/c1-16-4-11-22-20(12-16)14-23(31-22)18-8-5-17(6-9-18)7-10-19-13-21(29-2)15-24(30-3)25(19)26(27)28/h4-15H,1-3H3,(H,27,28). The lowest BCUT2D eigenvalue weighted by Crippen LogP contribution is -2.04. The van der Waals surface area contributed by atoms with Gasteiger partial charge in [0.05, 0.1) is 14.2 Å². The Balaban J connectivity index is 1.64. The number of benzene rings is 3. The van der Waals surface area contributed by atoms with Gasteiger partial charge < -0.3 is 19.0 Å². The van der Waals surface area contributed by atoms with Crippen LogP contribution in [0.1, 0.15) is 27.0 Å². The molecule has 0 aliphatic carbocycles. The summed E-state index contributed by atoms with van der Waals surface area (Å²) in [6, 6.07) is 19.3. The minimum absolute atomic E-state index is 0.0914. The first-order valence-corrected chi connectivity index (χ1v) is 9.76. The Hall–Kier alpha value is -3.99. The van der Waals surface area contributed by atoms with Crippen LogP contribution in [0.2, 0.25) is 0 Å². The molecular weight excluding hydrogens is 392 g/mol. The van der Waals surface area contributed by atoms with E-state index in [0.29, 0.717) is 11.3 Å². The quantitative estimate of drug-likeness (QED) is 0.375. The van der Waals surface area contributed by atoms with Gasteiger partial charge in [-0.25, -0.2) is 4.79 Å². The summed E-state index contributed by atoms with van der Waals surface area (Å²) in [5.41, 5.74) is 4.54. The van der Waals surface area contributed by atoms with Gasteiger partial charge in [0, 0.05) is 17.0 Å². The van der Waals surface area contributed by atoms with Crippen molar-refractivity contribution in [2.75, 3.05) is 14.2 Å². The zero-order valence-electron chi connectivity index (χ0n) is 17.5. The van der Waals surface area contributed by atoms with Crippen LogP contribution in [0.5, 0.6) is 11.5 Å². The van der Waals surface area contributed by atoms with Crippen LogP contribution < -0.4 is 9.47 Å². The summed E-state index contributed by atoms with van der Waals surface area (Å²) in [7, 11) is 2.97. The number of aryl methyl sites for hydroxylation is 1. The summed E-state index contributed by atoms with van der Waals surface area (Å²) in [6.45, 7) is 2.06. The fourth-order valence-electron chi connectivity index (χ4n) is 3.50. The molecule has 0 aliphatic rings. The van der Waals surface area contributed by atoms with Crippen molar-refractivity contribution >= 4 is 29.1 Å². The molecule has 0 saturated heterocycles. The van der Waals surface area contributed by atoms with Crippen LogP contribution in [0.3, 0.4) is 0 Å². The Bertz CT molecular complexity index is 1280. The number of carboxylic acids is 1. The monoisotopic (exact) mass is 414 g/mol. The molecule has 31 heavy (non-hydrogen) atoms. The highest BCUT2D eigenvalue weighted by atomic mass is 16.5. The second kappa shape index (κ2) is 8.40.